The van der Waals surface area contributed by atoms with Gasteiger partial charge < -0.3 is 14.2 Å². The molecule has 3 saturated heterocycles. The Hall–Kier alpha value is 0.194. The smallest absolute Gasteiger partial charge is 0.0610 e. The lowest BCUT2D eigenvalue weighted by Gasteiger charge is -2.53. The number of piperidine rings is 3. The summed E-state index contributed by atoms with van der Waals surface area (Å²) in [6.45, 7) is 36.8. The molecule has 0 bridgehead atoms. The highest BCUT2D eigenvalue weighted by Gasteiger charge is 2.46. The predicted molar refractivity (Wildman–Crippen MR) is 218 cm³/mol. The van der Waals surface area contributed by atoms with Gasteiger partial charge in [-0.15, -0.1) is 0 Å². The van der Waals surface area contributed by atoms with Crippen LogP contribution in [0.4, 0.5) is 0 Å². The summed E-state index contributed by atoms with van der Waals surface area (Å²) in [4.78, 5) is 7.68. The van der Waals surface area contributed by atoms with Gasteiger partial charge >= 0.3 is 0 Å². The quantitative estimate of drug-likeness (QED) is 0.117. The standard InChI is InChI=1S/C41H85N3O3Si2/c1-36(2)27-33(28-37(3,4)42(36)13)45-21-18-24-48(16)49(17,25-19-22-46-34-29-38(5,6)43(14)39(7,8)30-34)26-20-23-47-35-31-40(9,10)44(15)41(11,12)32-35/h33-35,48H,18-32H2,1-17H3. The molecule has 3 heterocycles. The van der Waals surface area contributed by atoms with E-state index in [2.05, 4.69) is 132 Å². The second-order valence-electron chi connectivity index (χ2n) is 21.2. The normalized spacial score (nSPS) is 27.4. The summed E-state index contributed by atoms with van der Waals surface area (Å²) in [5.41, 5.74) is 1.07. The maximum Gasteiger partial charge on any atom is 0.0610 e. The predicted octanol–water partition coefficient (Wildman–Crippen LogP) is 9.17. The average Bonchev–Trinajstić information content (AvgIpc) is 2.95. The first-order chi connectivity index (χ1) is 22.2. The van der Waals surface area contributed by atoms with E-state index in [4.69, 9.17) is 14.2 Å². The van der Waals surface area contributed by atoms with Crippen LogP contribution in [0.5, 0.6) is 0 Å². The maximum absolute atomic E-state index is 6.70. The molecule has 0 amide bonds. The van der Waals surface area contributed by atoms with Crippen LogP contribution in [-0.4, -0.2) is 123 Å². The lowest BCUT2D eigenvalue weighted by atomic mass is 9.79. The van der Waals surface area contributed by atoms with E-state index in [0.717, 1.165) is 58.3 Å². The third kappa shape index (κ3) is 11.3. The first-order valence-corrected chi connectivity index (χ1v) is 27.0. The Morgan fingerprint density at radius 3 is 1.00 bits per heavy atom. The van der Waals surface area contributed by atoms with E-state index in [1.165, 1.54) is 37.4 Å². The number of ether oxygens (including phenoxy) is 3. The van der Waals surface area contributed by atoms with Crippen LogP contribution in [-0.2, 0) is 14.2 Å². The van der Waals surface area contributed by atoms with Gasteiger partial charge in [0.25, 0.3) is 0 Å². The number of hydrogen-bond acceptors (Lipinski definition) is 6. The van der Waals surface area contributed by atoms with E-state index in [0.29, 0.717) is 18.3 Å². The summed E-state index contributed by atoms with van der Waals surface area (Å²) in [6.07, 6.45) is 11.5. The monoisotopic (exact) mass is 724 g/mol. The molecule has 0 aromatic heterocycles. The van der Waals surface area contributed by atoms with E-state index in [1.54, 1.807) is 0 Å². The topological polar surface area (TPSA) is 37.4 Å². The minimum atomic E-state index is -1.41. The van der Waals surface area contributed by atoms with Gasteiger partial charge in [0, 0.05) is 69.0 Å². The maximum atomic E-state index is 6.70. The third-order valence-electron chi connectivity index (χ3n) is 14.6. The minimum Gasteiger partial charge on any atom is -0.378 e. The summed E-state index contributed by atoms with van der Waals surface area (Å²) in [6, 6.07) is 4.23. The van der Waals surface area contributed by atoms with E-state index < -0.39 is 15.9 Å². The highest BCUT2D eigenvalue weighted by Crippen LogP contribution is 2.41. The SMILES string of the molecule is CN1C(C)(C)CC(OCCC[SiH](C)[Si](C)(CCCOC2CC(C)(C)N(C)C(C)(C)C2)CCCOC2CC(C)(C)N(C)C(C)(C)C2)CC1(C)C. The highest BCUT2D eigenvalue weighted by molar-refractivity contribution is 7.32. The Labute approximate surface area is 308 Å². The zero-order chi connectivity index (χ0) is 37.3. The molecule has 8 heteroatoms. The molecule has 0 spiro atoms. The first-order valence-electron chi connectivity index (χ1n) is 20.3. The summed E-state index contributed by atoms with van der Waals surface area (Å²) in [5.74, 6) is 0. The molecule has 3 fully saturated rings. The van der Waals surface area contributed by atoms with Gasteiger partial charge in [-0.05, 0) is 162 Å². The Morgan fingerprint density at radius 2 is 0.735 bits per heavy atom. The number of rotatable bonds is 16. The third-order valence-corrected chi connectivity index (χ3v) is 31.0. The lowest BCUT2D eigenvalue weighted by molar-refractivity contribution is -0.0916. The minimum absolute atomic E-state index is 0.177. The molecule has 0 N–H and O–H groups in total. The van der Waals surface area contributed by atoms with Gasteiger partial charge in [0.15, 0.2) is 0 Å². The Bertz CT molecular complexity index is 941. The van der Waals surface area contributed by atoms with Crippen molar-refractivity contribution in [2.24, 2.45) is 0 Å². The van der Waals surface area contributed by atoms with Crippen molar-refractivity contribution in [1.29, 1.82) is 0 Å². The molecule has 0 saturated carbocycles. The van der Waals surface area contributed by atoms with Crippen molar-refractivity contribution in [3.8, 4) is 0 Å². The molecular formula is C41H85N3O3Si2. The molecule has 0 aromatic carbocycles. The van der Waals surface area contributed by atoms with Crippen molar-refractivity contribution in [3.63, 3.8) is 0 Å². The zero-order valence-electron chi connectivity index (χ0n) is 36.0. The van der Waals surface area contributed by atoms with Gasteiger partial charge in [0.2, 0.25) is 0 Å². The van der Waals surface area contributed by atoms with Crippen molar-refractivity contribution in [2.45, 2.75) is 224 Å². The fourth-order valence-electron chi connectivity index (χ4n) is 10.3. The number of nitrogens with zero attached hydrogens (tertiary/aromatic N) is 3. The largest absolute Gasteiger partial charge is 0.378 e. The van der Waals surface area contributed by atoms with Crippen molar-refractivity contribution in [1.82, 2.24) is 14.7 Å². The Kier molecular flexibility index (Phi) is 14.5. The highest BCUT2D eigenvalue weighted by atomic mass is 29.2. The van der Waals surface area contributed by atoms with E-state index in [-0.39, 0.29) is 33.2 Å². The molecule has 0 aliphatic carbocycles. The molecule has 1 unspecified atom stereocenters. The fraction of sp³-hybridized carbons (Fsp3) is 1.00. The Morgan fingerprint density at radius 1 is 0.490 bits per heavy atom. The number of likely N-dealkylation sites (tertiary alicyclic amines) is 3. The van der Waals surface area contributed by atoms with Gasteiger partial charge in [-0.2, -0.15) is 0 Å². The van der Waals surface area contributed by atoms with Gasteiger partial charge in [-0.25, -0.2) is 0 Å². The van der Waals surface area contributed by atoms with Crippen molar-refractivity contribution in [3.05, 3.63) is 0 Å². The van der Waals surface area contributed by atoms with Gasteiger partial charge in [0.05, 0.1) is 18.3 Å². The summed E-state index contributed by atoms with van der Waals surface area (Å²) >= 11 is 0. The molecule has 290 valence electrons. The molecule has 6 nitrogen and oxygen atoms in total. The van der Waals surface area contributed by atoms with Crippen molar-refractivity contribution in [2.75, 3.05) is 41.0 Å². The fourth-order valence-corrected chi connectivity index (χ4v) is 21.8. The molecule has 3 rings (SSSR count). The van der Waals surface area contributed by atoms with Crippen LogP contribution in [0.2, 0.25) is 31.2 Å². The lowest BCUT2D eigenvalue weighted by Crippen LogP contribution is -2.60. The van der Waals surface area contributed by atoms with Crippen LogP contribution in [0.15, 0.2) is 0 Å². The number of hydrogen-bond donors (Lipinski definition) is 0. The molecular weight excluding hydrogens is 639 g/mol. The summed E-state index contributed by atoms with van der Waals surface area (Å²) in [5, 5.41) is 0. The van der Waals surface area contributed by atoms with Crippen LogP contribution in [0.25, 0.3) is 0 Å². The Balaban J connectivity index is 1.55. The van der Waals surface area contributed by atoms with Crippen molar-refractivity contribution < 1.29 is 14.2 Å². The van der Waals surface area contributed by atoms with Crippen LogP contribution in [0.3, 0.4) is 0 Å². The van der Waals surface area contributed by atoms with Gasteiger partial charge in [-0.3, -0.25) is 14.7 Å². The van der Waals surface area contributed by atoms with Crippen LogP contribution in [0, 0.1) is 0 Å². The molecule has 3 aliphatic rings. The molecule has 0 aromatic rings. The van der Waals surface area contributed by atoms with E-state index in [9.17, 15) is 0 Å². The molecule has 3 aliphatic heterocycles. The van der Waals surface area contributed by atoms with Crippen LogP contribution < -0.4 is 0 Å². The average molecular weight is 724 g/mol. The van der Waals surface area contributed by atoms with Crippen LogP contribution >= 0.6 is 0 Å². The molecule has 1 atom stereocenters. The molecule has 49 heavy (non-hydrogen) atoms. The molecule has 0 radical (unpaired) electrons. The summed E-state index contributed by atoms with van der Waals surface area (Å²) < 4.78 is 20.0. The van der Waals surface area contributed by atoms with E-state index >= 15 is 0 Å². The van der Waals surface area contributed by atoms with E-state index in [1.807, 2.05) is 0 Å². The van der Waals surface area contributed by atoms with Gasteiger partial charge in [0.1, 0.15) is 0 Å². The van der Waals surface area contributed by atoms with Crippen LogP contribution in [0.1, 0.15) is 141 Å². The second-order valence-corrected chi connectivity index (χ2v) is 35.0. The first kappa shape index (κ1) is 43.6. The zero-order valence-corrected chi connectivity index (χ0v) is 38.1. The van der Waals surface area contributed by atoms with Crippen molar-refractivity contribution >= 4 is 15.9 Å². The second kappa shape index (κ2) is 16.3. The van der Waals surface area contributed by atoms with Gasteiger partial charge in [-0.1, -0.05) is 31.2 Å². The summed E-state index contributed by atoms with van der Waals surface area (Å²) in [7, 11) is 4.56.